The van der Waals surface area contributed by atoms with E-state index in [0.717, 1.165) is 18.2 Å². The second kappa shape index (κ2) is 7.65. The monoisotopic (exact) mass is 393 g/mol. The molecule has 1 unspecified atom stereocenters. The van der Waals surface area contributed by atoms with Gasteiger partial charge in [0, 0.05) is 12.6 Å². The van der Waals surface area contributed by atoms with Gasteiger partial charge in [-0.05, 0) is 31.5 Å². The Morgan fingerprint density at radius 1 is 1.31 bits per heavy atom. The predicted molar refractivity (Wildman–Crippen MR) is 86.2 cm³/mol. The van der Waals surface area contributed by atoms with Crippen molar-refractivity contribution in [2.24, 2.45) is 0 Å². The Morgan fingerprint density at radius 2 is 2.00 bits per heavy atom. The lowest BCUT2D eigenvalue weighted by atomic mass is 10.1. The number of esters is 1. The highest BCUT2D eigenvalue weighted by molar-refractivity contribution is 7.91. The van der Waals surface area contributed by atoms with E-state index in [1.165, 1.54) is 4.90 Å². The van der Waals surface area contributed by atoms with Gasteiger partial charge in [0.1, 0.15) is 0 Å². The number of ether oxygens (including phenoxy) is 1. The molecule has 1 aromatic carbocycles. The Balaban J connectivity index is 1.99. The number of alkyl halides is 3. The largest absolute Gasteiger partial charge is 0.452 e. The molecule has 1 amide bonds. The zero-order valence-corrected chi connectivity index (χ0v) is 14.8. The predicted octanol–water partition coefficient (Wildman–Crippen LogP) is 1.90. The van der Waals surface area contributed by atoms with Gasteiger partial charge >= 0.3 is 12.1 Å². The van der Waals surface area contributed by atoms with Crippen LogP contribution in [0.4, 0.5) is 13.2 Å². The van der Waals surface area contributed by atoms with Crippen molar-refractivity contribution in [3.05, 3.63) is 35.4 Å². The molecule has 0 spiro atoms. The summed E-state index contributed by atoms with van der Waals surface area (Å²) in [5.74, 6) is -1.80. The van der Waals surface area contributed by atoms with Crippen LogP contribution in [0.25, 0.3) is 0 Å². The molecule has 1 aliphatic heterocycles. The van der Waals surface area contributed by atoms with E-state index in [2.05, 4.69) is 0 Å². The molecular weight excluding hydrogens is 375 g/mol. The van der Waals surface area contributed by atoms with Crippen molar-refractivity contribution < 1.29 is 35.9 Å². The topological polar surface area (TPSA) is 80.8 Å². The Hall–Kier alpha value is -2.10. The zero-order chi connectivity index (χ0) is 19.5. The van der Waals surface area contributed by atoms with Gasteiger partial charge < -0.3 is 9.64 Å². The fourth-order valence-electron chi connectivity index (χ4n) is 2.78. The number of benzene rings is 1. The summed E-state index contributed by atoms with van der Waals surface area (Å²) in [6.07, 6.45) is -4.29. The lowest BCUT2D eigenvalue weighted by Gasteiger charge is -2.26. The van der Waals surface area contributed by atoms with Gasteiger partial charge in [0.05, 0.1) is 22.6 Å². The minimum atomic E-state index is -4.60. The Kier molecular flexibility index (Phi) is 5.94. The molecular formula is C16H18F3NO5S. The number of rotatable bonds is 5. The van der Waals surface area contributed by atoms with E-state index in [1.807, 2.05) is 0 Å². The third-order valence-electron chi connectivity index (χ3n) is 4.06. The number of sulfone groups is 1. The van der Waals surface area contributed by atoms with E-state index in [4.69, 9.17) is 4.74 Å². The van der Waals surface area contributed by atoms with Crippen molar-refractivity contribution in [2.45, 2.75) is 25.6 Å². The molecule has 10 heteroatoms. The molecule has 0 radical (unpaired) electrons. The molecule has 0 bridgehead atoms. The summed E-state index contributed by atoms with van der Waals surface area (Å²) < 4.78 is 65.9. The van der Waals surface area contributed by atoms with E-state index in [9.17, 15) is 31.2 Å². The van der Waals surface area contributed by atoms with E-state index in [-0.39, 0.29) is 23.6 Å². The summed E-state index contributed by atoms with van der Waals surface area (Å²) in [4.78, 5) is 25.4. The van der Waals surface area contributed by atoms with Crippen molar-refractivity contribution in [1.29, 1.82) is 0 Å². The summed E-state index contributed by atoms with van der Waals surface area (Å²) >= 11 is 0. The molecule has 0 aliphatic carbocycles. The summed E-state index contributed by atoms with van der Waals surface area (Å²) in [6.45, 7) is 1.23. The van der Waals surface area contributed by atoms with Gasteiger partial charge in [-0.2, -0.15) is 13.2 Å². The average molecular weight is 393 g/mol. The Bertz CT molecular complexity index is 791. The van der Waals surface area contributed by atoms with Crippen molar-refractivity contribution in [2.75, 3.05) is 24.7 Å². The molecule has 0 aromatic heterocycles. The first kappa shape index (κ1) is 20.2. The first-order chi connectivity index (χ1) is 12.0. The molecule has 1 atom stereocenters. The van der Waals surface area contributed by atoms with Crippen molar-refractivity contribution in [3.63, 3.8) is 0 Å². The normalized spacial score (nSPS) is 19.2. The minimum absolute atomic E-state index is 0.00846. The molecule has 1 aliphatic rings. The first-order valence-electron chi connectivity index (χ1n) is 7.88. The van der Waals surface area contributed by atoms with Crippen LogP contribution in [-0.2, 0) is 25.5 Å². The highest BCUT2D eigenvalue weighted by atomic mass is 32.2. The number of halogens is 3. The number of hydrogen-bond donors (Lipinski definition) is 0. The zero-order valence-electron chi connectivity index (χ0n) is 14.0. The maximum Gasteiger partial charge on any atom is 0.416 e. The molecule has 26 heavy (non-hydrogen) atoms. The number of carbonyl (C=O) groups is 2. The van der Waals surface area contributed by atoms with E-state index >= 15 is 0 Å². The second-order valence-corrected chi connectivity index (χ2v) is 8.12. The first-order valence-corrected chi connectivity index (χ1v) is 9.70. The van der Waals surface area contributed by atoms with Crippen molar-refractivity contribution in [1.82, 2.24) is 4.90 Å². The summed E-state index contributed by atoms with van der Waals surface area (Å²) in [5, 5.41) is 0. The van der Waals surface area contributed by atoms with Gasteiger partial charge in [-0.1, -0.05) is 6.07 Å². The van der Waals surface area contributed by atoms with Crippen LogP contribution in [0.15, 0.2) is 24.3 Å². The van der Waals surface area contributed by atoms with Crippen LogP contribution in [0, 0.1) is 0 Å². The van der Waals surface area contributed by atoms with Crippen LogP contribution in [0.2, 0.25) is 0 Å². The fourth-order valence-corrected chi connectivity index (χ4v) is 4.51. The molecule has 1 fully saturated rings. The number of hydrogen-bond acceptors (Lipinski definition) is 5. The summed E-state index contributed by atoms with van der Waals surface area (Å²) in [6, 6.07) is 3.21. The maximum atomic E-state index is 12.7. The Labute approximate surface area is 148 Å². The minimum Gasteiger partial charge on any atom is -0.452 e. The molecule has 1 saturated heterocycles. The molecule has 1 heterocycles. The van der Waals surface area contributed by atoms with E-state index < -0.39 is 46.1 Å². The Morgan fingerprint density at radius 3 is 2.54 bits per heavy atom. The third kappa shape index (κ3) is 4.96. The van der Waals surface area contributed by atoms with Crippen LogP contribution in [0.3, 0.4) is 0 Å². The molecule has 6 nitrogen and oxygen atoms in total. The van der Waals surface area contributed by atoms with Crippen LogP contribution >= 0.6 is 0 Å². The standard InChI is InChI=1S/C16H18F3NO5S/c1-2-20(13-6-7-26(23,24)10-13)14(21)9-25-15(22)11-4-3-5-12(8-11)16(17,18)19/h3-5,8,13H,2,6-7,9-10H2,1H3. The number of nitrogens with zero attached hydrogens (tertiary/aromatic N) is 1. The number of amides is 1. The lowest BCUT2D eigenvalue weighted by Crippen LogP contribution is -2.43. The van der Waals surface area contributed by atoms with E-state index in [0.29, 0.717) is 12.5 Å². The maximum absolute atomic E-state index is 12.7. The molecule has 144 valence electrons. The van der Waals surface area contributed by atoms with Crippen LogP contribution < -0.4 is 0 Å². The van der Waals surface area contributed by atoms with Gasteiger partial charge in [0.15, 0.2) is 16.4 Å². The molecule has 1 aromatic rings. The summed E-state index contributed by atoms with van der Waals surface area (Å²) in [7, 11) is -3.19. The van der Waals surface area contributed by atoms with Gasteiger partial charge in [-0.3, -0.25) is 4.79 Å². The third-order valence-corrected chi connectivity index (χ3v) is 5.81. The van der Waals surface area contributed by atoms with E-state index in [1.54, 1.807) is 6.92 Å². The average Bonchev–Trinajstić information content (AvgIpc) is 2.92. The van der Waals surface area contributed by atoms with Crippen LogP contribution in [0.5, 0.6) is 0 Å². The second-order valence-electron chi connectivity index (χ2n) is 5.89. The van der Waals surface area contributed by atoms with Gasteiger partial charge in [-0.25, -0.2) is 13.2 Å². The summed E-state index contributed by atoms with van der Waals surface area (Å²) in [5.41, 5.74) is -1.32. The number of carbonyl (C=O) groups excluding carboxylic acids is 2. The highest BCUT2D eigenvalue weighted by Crippen LogP contribution is 2.29. The van der Waals surface area contributed by atoms with Gasteiger partial charge in [0.25, 0.3) is 5.91 Å². The van der Waals surface area contributed by atoms with Crippen LogP contribution in [-0.4, -0.2) is 55.9 Å². The lowest BCUT2D eigenvalue weighted by molar-refractivity contribution is -0.138. The van der Waals surface area contributed by atoms with Gasteiger partial charge in [0.2, 0.25) is 0 Å². The van der Waals surface area contributed by atoms with Crippen molar-refractivity contribution >= 4 is 21.7 Å². The van der Waals surface area contributed by atoms with Crippen molar-refractivity contribution in [3.8, 4) is 0 Å². The quantitative estimate of drug-likeness (QED) is 0.714. The fraction of sp³-hybridized carbons (Fsp3) is 0.500. The SMILES string of the molecule is CCN(C(=O)COC(=O)c1cccc(C(F)(F)F)c1)C1CCS(=O)(=O)C1. The molecule has 0 saturated carbocycles. The van der Waals surface area contributed by atoms with Gasteiger partial charge in [-0.15, -0.1) is 0 Å². The molecule has 2 rings (SSSR count). The number of likely N-dealkylation sites (N-methyl/N-ethyl adjacent to an activating group) is 1. The molecule has 0 N–H and O–H groups in total. The smallest absolute Gasteiger partial charge is 0.416 e. The highest BCUT2D eigenvalue weighted by Gasteiger charge is 2.34. The van der Waals surface area contributed by atoms with Crippen LogP contribution in [0.1, 0.15) is 29.3 Å².